The molecule has 13 heteroatoms. The molecule has 1 saturated heterocycles. The first-order chi connectivity index (χ1) is 22.1. The third-order valence-corrected chi connectivity index (χ3v) is 8.35. The zero-order valence-corrected chi connectivity index (χ0v) is 29.0. The number of carbonyl (C=O) groups is 1. The topological polar surface area (TPSA) is 178 Å². The minimum atomic E-state index is -5.04. The lowest BCUT2D eigenvalue weighted by atomic mass is 9.99. The number of ether oxygens (including phenoxy) is 4. The van der Waals surface area contributed by atoms with E-state index in [9.17, 15) is 28.5 Å². The number of esters is 1. The lowest BCUT2D eigenvalue weighted by Gasteiger charge is -2.41. The molecule has 1 rings (SSSR count). The molecule has 1 aliphatic rings. The summed E-state index contributed by atoms with van der Waals surface area (Å²) in [6.07, 6.45) is 15.0. The second kappa shape index (κ2) is 26.8. The molecule has 4 N–H and O–H groups in total. The number of carbonyl (C=O) groups excluding carboxylic acids is 1. The van der Waals surface area contributed by atoms with Gasteiger partial charge in [-0.05, 0) is 38.5 Å². The number of aliphatic hydroxyl groups is 3. The van der Waals surface area contributed by atoms with Crippen molar-refractivity contribution < 1.29 is 56.2 Å². The highest BCUT2D eigenvalue weighted by Crippen LogP contribution is 2.26. The van der Waals surface area contributed by atoms with Gasteiger partial charge in [-0.1, -0.05) is 96.6 Å². The largest absolute Gasteiger partial charge is 0.457 e. The lowest BCUT2D eigenvalue weighted by Crippen LogP contribution is -2.60. The fourth-order valence-electron chi connectivity index (χ4n) is 5.19. The standard InChI is InChI=1S/C33H62O12S/c1-3-5-7-8-9-10-11-12-13-14-15-16-17-18-19-21-23-41-25-27(43-29(35)22-20-6-4-2)26-42-33-31(37)32(45-46(38,39)40)30(36)28(24-34)44-33/h12-13,27-28,30-34,36-37H,3-11,14-26H2,1-2H3,(H,38,39,40)/b13-12-. The van der Waals surface area contributed by atoms with E-state index in [0.29, 0.717) is 13.0 Å². The van der Waals surface area contributed by atoms with E-state index in [1.165, 1.54) is 64.2 Å². The zero-order chi connectivity index (χ0) is 34.0. The van der Waals surface area contributed by atoms with Crippen LogP contribution in [0.5, 0.6) is 0 Å². The number of hydrogen-bond acceptors (Lipinski definition) is 11. The Kier molecular flexibility index (Phi) is 24.9. The Hall–Kier alpha value is -1.16. The molecule has 0 aromatic carbocycles. The van der Waals surface area contributed by atoms with Crippen LogP contribution in [0.3, 0.4) is 0 Å². The van der Waals surface area contributed by atoms with Crippen molar-refractivity contribution in [2.24, 2.45) is 0 Å². The van der Waals surface area contributed by atoms with Crippen molar-refractivity contribution in [3.63, 3.8) is 0 Å². The van der Waals surface area contributed by atoms with Gasteiger partial charge in [0.15, 0.2) is 6.29 Å². The van der Waals surface area contributed by atoms with Crippen LogP contribution in [-0.2, 0) is 38.3 Å². The van der Waals surface area contributed by atoms with Gasteiger partial charge in [-0.25, -0.2) is 4.18 Å². The second-order valence-electron chi connectivity index (χ2n) is 12.1. The molecule has 0 aromatic rings. The summed E-state index contributed by atoms with van der Waals surface area (Å²) in [5.41, 5.74) is 0. The average molecular weight is 683 g/mol. The normalized spacial score (nSPS) is 22.8. The van der Waals surface area contributed by atoms with Crippen LogP contribution in [-0.4, -0.2) is 97.5 Å². The zero-order valence-electron chi connectivity index (χ0n) is 28.1. The van der Waals surface area contributed by atoms with Crippen LogP contribution in [0.25, 0.3) is 0 Å². The molecule has 0 aliphatic carbocycles. The molecule has 0 aromatic heterocycles. The molecule has 6 unspecified atom stereocenters. The minimum Gasteiger partial charge on any atom is -0.457 e. The van der Waals surface area contributed by atoms with Crippen molar-refractivity contribution in [2.45, 2.75) is 166 Å². The maximum absolute atomic E-state index is 12.4. The van der Waals surface area contributed by atoms with Crippen LogP contribution < -0.4 is 0 Å². The van der Waals surface area contributed by atoms with E-state index in [-0.39, 0.29) is 19.6 Å². The highest BCUT2D eigenvalue weighted by atomic mass is 32.3. The highest BCUT2D eigenvalue weighted by molar-refractivity contribution is 7.80. The monoisotopic (exact) mass is 682 g/mol. The van der Waals surface area contributed by atoms with Gasteiger partial charge in [-0.15, -0.1) is 0 Å². The number of aliphatic hydroxyl groups excluding tert-OH is 3. The van der Waals surface area contributed by atoms with Crippen molar-refractivity contribution in [1.82, 2.24) is 0 Å². The van der Waals surface area contributed by atoms with Gasteiger partial charge in [0.2, 0.25) is 0 Å². The van der Waals surface area contributed by atoms with Crippen LogP contribution in [0.2, 0.25) is 0 Å². The van der Waals surface area contributed by atoms with E-state index in [2.05, 4.69) is 23.3 Å². The molecule has 1 heterocycles. The van der Waals surface area contributed by atoms with E-state index in [4.69, 9.17) is 23.5 Å². The smallest absolute Gasteiger partial charge is 0.397 e. The molecular formula is C33H62O12S. The van der Waals surface area contributed by atoms with Crippen LogP contribution >= 0.6 is 0 Å². The third kappa shape index (κ3) is 20.9. The van der Waals surface area contributed by atoms with Gasteiger partial charge >= 0.3 is 16.4 Å². The Morgan fingerprint density at radius 1 is 0.804 bits per heavy atom. The van der Waals surface area contributed by atoms with Crippen LogP contribution in [0.1, 0.15) is 129 Å². The minimum absolute atomic E-state index is 0.0322. The van der Waals surface area contributed by atoms with Crippen molar-refractivity contribution in [2.75, 3.05) is 26.4 Å². The van der Waals surface area contributed by atoms with Gasteiger partial charge in [0, 0.05) is 13.0 Å². The Labute approximate surface area is 277 Å². The van der Waals surface area contributed by atoms with Gasteiger partial charge in [0.1, 0.15) is 30.5 Å². The quantitative estimate of drug-likeness (QED) is 0.0352. The van der Waals surface area contributed by atoms with Gasteiger partial charge < -0.3 is 34.3 Å². The van der Waals surface area contributed by atoms with E-state index in [1.54, 1.807) is 0 Å². The van der Waals surface area contributed by atoms with Crippen molar-refractivity contribution in [3.8, 4) is 0 Å². The number of hydrogen-bond donors (Lipinski definition) is 4. The Morgan fingerprint density at radius 2 is 1.37 bits per heavy atom. The van der Waals surface area contributed by atoms with Crippen LogP contribution in [0, 0.1) is 0 Å². The summed E-state index contributed by atoms with van der Waals surface area (Å²) < 4.78 is 58.1. The molecule has 272 valence electrons. The van der Waals surface area contributed by atoms with Crippen molar-refractivity contribution >= 4 is 16.4 Å². The number of unbranched alkanes of at least 4 members (excludes halogenated alkanes) is 14. The van der Waals surface area contributed by atoms with Crippen LogP contribution in [0.15, 0.2) is 12.2 Å². The van der Waals surface area contributed by atoms with Gasteiger partial charge in [0.25, 0.3) is 0 Å². The average Bonchev–Trinajstić information content (AvgIpc) is 3.01. The van der Waals surface area contributed by atoms with Gasteiger partial charge in [0.05, 0.1) is 19.8 Å². The molecule has 0 amide bonds. The Morgan fingerprint density at radius 3 is 1.96 bits per heavy atom. The predicted octanol–water partition coefficient (Wildman–Crippen LogP) is 5.18. The highest BCUT2D eigenvalue weighted by Gasteiger charge is 2.48. The van der Waals surface area contributed by atoms with Crippen LogP contribution in [0.4, 0.5) is 0 Å². The predicted molar refractivity (Wildman–Crippen MR) is 174 cm³/mol. The summed E-state index contributed by atoms with van der Waals surface area (Å²) in [5, 5.41) is 30.2. The first kappa shape index (κ1) is 42.9. The van der Waals surface area contributed by atoms with E-state index in [1.807, 2.05) is 6.92 Å². The molecule has 12 nitrogen and oxygen atoms in total. The van der Waals surface area contributed by atoms with E-state index in [0.717, 1.165) is 38.5 Å². The maximum atomic E-state index is 12.4. The Balaban J connectivity index is 2.38. The SMILES string of the molecule is CCCCCCCC/C=C\CCCCCCCCOCC(COC1OC(CO)C(O)C(OS(=O)(=O)O)C1O)OC(=O)CCCCC. The van der Waals surface area contributed by atoms with E-state index < -0.39 is 59.8 Å². The second-order valence-corrected chi connectivity index (χ2v) is 13.2. The summed E-state index contributed by atoms with van der Waals surface area (Å²) in [4.78, 5) is 12.4. The summed E-state index contributed by atoms with van der Waals surface area (Å²) in [6.45, 7) is 3.75. The maximum Gasteiger partial charge on any atom is 0.397 e. The first-order valence-corrected chi connectivity index (χ1v) is 18.8. The van der Waals surface area contributed by atoms with Crippen molar-refractivity contribution in [3.05, 3.63) is 12.2 Å². The van der Waals surface area contributed by atoms with Gasteiger partial charge in [-0.2, -0.15) is 8.42 Å². The summed E-state index contributed by atoms with van der Waals surface area (Å²) in [7, 11) is -5.04. The first-order valence-electron chi connectivity index (χ1n) is 17.4. The molecular weight excluding hydrogens is 620 g/mol. The lowest BCUT2D eigenvalue weighted by molar-refractivity contribution is -0.301. The molecule has 1 aliphatic heterocycles. The fraction of sp³-hybridized carbons (Fsp3) is 0.909. The summed E-state index contributed by atoms with van der Waals surface area (Å²) in [5.74, 6) is -0.427. The van der Waals surface area contributed by atoms with Gasteiger partial charge in [-0.3, -0.25) is 9.35 Å². The molecule has 0 spiro atoms. The Bertz CT molecular complexity index is 884. The summed E-state index contributed by atoms with van der Waals surface area (Å²) >= 11 is 0. The molecule has 46 heavy (non-hydrogen) atoms. The van der Waals surface area contributed by atoms with Crippen molar-refractivity contribution in [1.29, 1.82) is 0 Å². The third-order valence-electron chi connectivity index (χ3n) is 7.89. The van der Waals surface area contributed by atoms with E-state index >= 15 is 0 Å². The number of allylic oxidation sites excluding steroid dienone is 2. The number of rotatable bonds is 29. The fourth-order valence-corrected chi connectivity index (χ4v) is 5.70. The summed E-state index contributed by atoms with van der Waals surface area (Å²) in [6, 6.07) is 0. The molecule has 1 fully saturated rings. The molecule has 0 radical (unpaired) electrons. The molecule has 6 atom stereocenters. The molecule has 0 bridgehead atoms. The molecule has 0 saturated carbocycles.